The van der Waals surface area contributed by atoms with Gasteiger partial charge in [-0.25, -0.2) is 4.79 Å². The standard InChI is InChI=1S/C25H35N3O10/c1-23(2)34-13-16(36-23)19-25(28-11-18(30)31,20-21(35-19)38-24(3,4)37-20)14-27-17(29)10-26-22(32)33-12-15-8-6-5-7-9-15/h5-9,16,19-21,28H,10-14H2,1-4H3,(H,26,32)(H,27,29)(H,30,31)/t16-,19-,20+,21-,25-/m1/s1. The number of nitrogens with one attached hydrogen (secondary N) is 3. The molecule has 210 valence electrons. The average molecular weight is 538 g/mol. The first-order chi connectivity index (χ1) is 17.9. The van der Waals surface area contributed by atoms with Crippen LogP contribution in [-0.2, 0) is 44.6 Å². The molecule has 0 radical (unpaired) electrons. The van der Waals surface area contributed by atoms with Crippen LogP contribution >= 0.6 is 0 Å². The molecule has 4 rings (SSSR count). The molecule has 13 heteroatoms. The van der Waals surface area contributed by atoms with E-state index < -0.39 is 66.2 Å². The van der Waals surface area contributed by atoms with Gasteiger partial charge in [0.25, 0.3) is 0 Å². The van der Waals surface area contributed by atoms with Crippen LogP contribution in [0.4, 0.5) is 4.79 Å². The number of benzene rings is 1. The Kier molecular flexibility index (Phi) is 8.26. The molecule has 2 amide bonds. The molecule has 1 aromatic carbocycles. The minimum atomic E-state index is -1.26. The molecule has 5 atom stereocenters. The van der Waals surface area contributed by atoms with Crippen LogP contribution in [0.2, 0.25) is 0 Å². The Bertz CT molecular complexity index is 1020. The van der Waals surface area contributed by atoms with Gasteiger partial charge in [0.1, 0.15) is 24.9 Å². The summed E-state index contributed by atoms with van der Waals surface area (Å²) < 4.78 is 35.1. The molecule has 1 aromatic rings. The van der Waals surface area contributed by atoms with E-state index in [4.69, 9.17) is 28.4 Å². The average Bonchev–Trinajstić information content (AvgIpc) is 3.47. The molecule has 0 unspecified atom stereocenters. The molecule has 3 saturated heterocycles. The van der Waals surface area contributed by atoms with Crippen molar-refractivity contribution in [3.8, 4) is 0 Å². The van der Waals surface area contributed by atoms with E-state index in [0.29, 0.717) is 0 Å². The third kappa shape index (κ3) is 6.60. The molecular weight excluding hydrogens is 502 g/mol. The van der Waals surface area contributed by atoms with Gasteiger partial charge >= 0.3 is 12.1 Å². The molecule has 0 saturated carbocycles. The fourth-order valence-corrected chi connectivity index (χ4v) is 4.83. The maximum Gasteiger partial charge on any atom is 0.407 e. The SMILES string of the molecule is CC1(C)OC[C@H]([C@H]2O[C@@H]3OC(C)(C)O[C@@H]3[C@]2(CNC(=O)CNC(=O)OCc2ccccc2)NCC(=O)O)O1. The van der Waals surface area contributed by atoms with Gasteiger partial charge in [0, 0.05) is 6.54 Å². The second kappa shape index (κ2) is 11.1. The lowest BCUT2D eigenvalue weighted by Gasteiger charge is -2.40. The fraction of sp³-hybridized carbons (Fsp3) is 0.640. The Labute approximate surface area is 220 Å². The molecule has 3 aliphatic rings. The van der Waals surface area contributed by atoms with Crippen LogP contribution in [0, 0.1) is 0 Å². The van der Waals surface area contributed by atoms with E-state index in [9.17, 15) is 19.5 Å². The smallest absolute Gasteiger partial charge is 0.407 e. The number of aliphatic carboxylic acids is 1. The summed E-state index contributed by atoms with van der Waals surface area (Å²) >= 11 is 0. The lowest BCUT2D eigenvalue weighted by Crippen LogP contribution is -2.68. The maximum atomic E-state index is 12.7. The van der Waals surface area contributed by atoms with Crippen LogP contribution in [0.1, 0.15) is 33.3 Å². The van der Waals surface area contributed by atoms with Crippen LogP contribution in [0.5, 0.6) is 0 Å². The van der Waals surface area contributed by atoms with E-state index in [1.165, 1.54) is 0 Å². The monoisotopic (exact) mass is 537 g/mol. The Balaban J connectivity index is 1.43. The van der Waals surface area contributed by atoms with Gasteiger partial charge in [-0.3, -0.25) is 14.9 Å². The highest BCUT2D eigenvalue weighted by molar-refractivity contribution is 5.82. The van der Waals surface area contributed by atoms with Crippen molar-refractivity contribution in [2.24, 2.45) is 0 Å². The Hall–Kier alpha value is -2.81. The summed E-state index contributed by atoms with van der Waals surface area (Å²) in [5.41, 5.74) is -0.447. The van der Waals surface area contributed by atoms with Crippen molar-refractivity contribution >= 4 is 18.0 Å². The highest BCUT2D eigenvalue weighted by Gasteiger charge is 2.66. The fourth-order valence-electron chi connectivity index (χ4n) is 4.83. The molecule has 4 N–H and O–H groups in total. The van der Waals surface area contributed by atoms with Crippen molar-refractivity contribution in [1.29, 1.82) is 0 Å². The maximum absolute atomic E-state index is 12.7. The van der Waals surface area contributed by atoms with Gasteiger partial charge in [-0.1, -0.05) is 30.3 Å². The number of carboxylic acids is 1. The van der Waals surface area contributed by atoms with Crippen LogP contribution < -0.4 is 16.0 Å². The quantitative estimate of drug-likeness (QED) is 0.328. The number of alkyl carbamates (subject to hydrolysis) is 1. The Morgan fingerprint density at radius 2 is 1.71 bits per heavy atom. The number of ether oxygens (including phenoxy) is 6. The summed E-state index contributed by atoms with van der Waals surface area (Å²) in [5.74, 6) is -3.51. The molecule has 0 spiro atoms. The first-order valence-electron chi connectivity index (χ1n) is 12.4. The third-order valence-electron chi connectivity index (χ3n) is 6.48. The first kappa shape index (κ1) is 28.2. The third-order valence-corrected chi connectivity index (χ3v) is 6.48. The number of fused-ring (bicyclic) bond motifs is 1. The summed E-state index contributed by atoms with van der Waals surface area (Å²) in [6.07, 6.45) is -3.77. The van der Waals surface area contributed by atoms with Crippen molar-refractivity contribution in [3.63, 3.8) is 0 Å². The number of carboxylic acid groups (broad SMARTS) is 1. The van der Waals surface area contributed by atoms with E-state index in [-0.39, 0.29) is 26.3 Å². The van der Waals surface area contributed by atoms with E-state index in [1.54, 1.807) is 27.7 Å². The van der Waals surface area contributed by atoms with Gasteiger partial charge < -0.3 is 44.2 Å². The van der Waals surface area contributed by atoms with Crippen molar-refractivity contribution in [1.82, 2.24) is 16.0 Å². The summed E-state index contributed by atoms with van der Waals surface area (Å²) in [7, 11) is 0. The molecule has 0 bridgehead atoms. The number of amides is 2. The van der Waals surface area contributed by atoms with Crippen molar-refractivity contribution in [2.45, 2.75) is 76.0 Å². The predicted octanol–water partition coefficient (Wildman–Crippen LogP) is 0.470. The van der Waals surface area contributed by atoms with E-state index in [0.717, 1.165) is 5.56 Å². The van der Waals surface area contributed by atoms with Crippen molar-refractivity contribution in [2.75, 3.05) is 26.2 Å². The van der Waals surface area contributed by atoms with Crippen molar-refractivity contribution in [3.05, 3.63) is 35.9 Å². The Morgan fingerprint density at radius 3 is 2.37 bits per heavy atom. The topological polar surface area (TPSA) is 163 Å². The zero-order valence-electron chi connectivity index (χ0n) is 21.9. The molecule has 0 aliphatic carbocycles. The molecular formula is C25H35N3O10. The lowest BCUT2D eigenvalue weighted by molar-refractivity contribution is -0.230. The largest absolute Gasteiger partial charge is 0.480 e. The van der Waals surface area contributed by atoms with Crippen molar-refractivity contribution < 1.29 is 47.9 Å². The van der Waals surface area contributed by atoms with Gasteiger partial charge in [0.15, 0.2) is 17.9 Å². The minimum Gasteiger partial charge on any atom is -0.480 e. The van der Waals surface area contributed by atoms with Crippen LogP contribution in [0.3, 0.4) is 0 Å². The van der Waals surface area contributed by atoms with E-state index >= 15 is 0 Å². The zero-order valence-corrected chi connectivity index (χ0v) is 21.9. The summed E-state index contributed by atoms with van der Waals surface area (Å²) in [4.78, 5) is 36.3. The van der Waals surface area contributed by atoms with Gasteiger partial charge in [-0.2, -0.15) is 0 Å². The second-order valence-corrected chi connectivity index (χ2v) is 10.3. The number of carbonyl (C=O) groups excluding carboxylic acids is 2. The molecule has 3 aliphatic heterocycles. The molecule has 3 fully saturated rings. The number of hydrogen-bond acceptors (Lipinski definition) is 10. The highest BCUT2D eigenvalue weighted by Crippen LogP contribution is 2.45. The van der Waals surface area contributed by atoms with Crippen LogP contribution in [0.15, 0.2) is 30.3 Å². The molecule has 3 heterocycles. The first-order valence-corrected chi connectivity index (χ1v) is 12.4. The Morgan fingerprint density at radius 1 is 0.974 bits per heavy atom. The van der Waals surface area contributed by atoms with Crippen LogP contribution in [0.25, 0.3) is 0 Å². The summed E-state index contributed by atoms with van der Waals surface area (Å²) in [6.45, 7) is 6.29. The summed E-state index contributed by atoms with van der Waals surface area (Å²) in [6, 6.07) is 9.13. The number of hydrogen-bond donors (Lipinski definition) is 4. The second-order valence-electron chi connectivity index (χ2n) is 10.3. The normalized spacial score (nSPS) is 30.9. The van der Waals surface area contributed by atoms with Gasteiger partial charge in [0.05, 0.1) is 25.2 Å². The van der Waals surface area contributed by atoms with Crippen LogP contribution in [-0.4, -0.2) is 91.0 Å². The van der Waals surface area contributed by atoms with E-state index in [1.807, 2.05) is 30.3 Å². The van der Waals surface area contributed by atoms with Gasteiger partial charge in [0.2, 0.25) is 5.91 Å². The predicted molar refractivity (Wildman–Crippen MR) is 130 cm³/mol. The zero-order chi connectivity index (χ0) is 27.6. The van der Waals surface area contributed by atoms with E-state index in [2.05, 4.69) is 16.0 Å². The molecule has 38 heavy (non-hydrogen) atoms. The molecule has 13 nitrogen and oxygen atoms in total. The number of carbonyl (C=O) groups is 3. The molecule has 0 aromatic heterocycles. The van der Waals surface area contributed by atoms with Gasteiger partial charge in [-0.15, -0.1) is 0 Å². The number of rotatable bonds is 10. The van der Waals surface area contributed by atoms with Gasteiger partial charge in [-0.05, 0) is 33.3 Å². The lowest BCUT2D eigenvalue weighted by atomic mass is 9.84. The highest BCUT2D eigenvalue weighted by atomic mass is 16.8. The summed E-state index contributed by atoms with van der Waals surface area (Å²) in [5, 5.41) is 17.6. The minimum absolute atomic E-state index is 0.0610.